The van der Waals surface area contributed by atoms with Crippen LogP contribution in [0.3, 0.4) is 0 Å². The van der Waals surface area contributed by atoms with Gasteiger partial charge in [0.2, 0.25) is 0 Å². The average molecular weight is 529 g/mol. The average Bonchev–Trinajstić information content (AvgIpc) is 2.88. The Balaban J connectivity index is 1.57. The van der Waals surface area contributed by atoms with Crippen molar-refractivity contribution in [1.29, 1.82) is 0 Å². The number of aromatic hydroxyl groups is 1. The van der Waals surface area contributed by atoms with Gasteiger partial charge >= 0.3 is 5.97 Å². The predicted molar refractivity (Wildman–Crippen MR) is 142 cm³/mol. The van der Waals surface area contributed by atoms with Crippen LogP contribution in [0.15, 0.2) is 30.0 Å². The molecule has 0 saturated carbocycles. The first-order chi connectivity index (χ1) is 18.2. The number of hydrogen-bond acceptors (Lipinski definition) is 8. The number of carbonyl (C=O) groups is 2. The third kappa shape index (κ3) is 6.33. The molecule has 0 bridgehead atoms. The van der Waals surface area contributed by atoms with E-state index in [2.05, 4.69) is 0 Å². The number of unbranched alkanes of at least 4 members (excludes halogenated alkanes) is 2. The maximum atomic E-state index is 11.7. The van der Waals surface area contributed by atoms with Gasteiger partial charge < -0.3 is 34.6 Å². The van der Waals surface area contributed by atoms with Crippen LogP contribution in [0.25, 0.3) is 5.76 Å². The van der Waals surface area contributed by atoms with Crippen LogP contribution in [0.4, 0.5) is 0 Å². The molecule has 0 fully saturated rings. The summed E-state index contributed by atoms with van der Waals surface area (Å²) in [6.07, 6.45) is 3.36. The number of fused-ring (bicyclic) bond motifs is 1. The molecule has 0 aromatic heterocycles. The van der Waals surface area contributed by atoms with Gasteiger partial charge in [0.25, 0.3) is 6.10 Å². The summed E-state index contributed by atoms with van der Waals surface area (Å²) in [6.45, 7) is 6.26. The van der Waals surface area contributed by atoms with Gasteiger partial charge in [0.05, 0.1) is 24.3 Å². The SMILES string of the molecule is CCCc1c(OCCCCCOc2ccc3c(c2CCC)OC(C(=O)O)C(O)=C3O)ccc(C(C)=O)c1O. The second kappa shape index (κ2) is 13.1. The molecule has 0 saturated heterocycles. The number of carboxylic acids is 1. The highest BCUT2D eigenvalue weighted by Crippen LogP contribution is 2.41. The van der Waals surface area contributed by atoms with Gasteiger partial charge in [0, 0.05) is 11.1 Å². The summed E-state index contributed by atoms with van der Waals surface area (Å²) in [4.78, 5) is 23.2. The number of benzene rings is 2. The number of carboxylic acid groups (broad SMARTS) is 1. The van der Waals surface area contributed by atoms with Gasteiger partial charge in [-0.25, -0.2) is 4.79 Å². The fourth-order valence-corrected chi connectivity index (χ4v) is 4.43. The van der Waals surface area contributed by atoms with E-state index in [1.54, 1.807) is 24.3 Å². The van der Waals surface area contributed by atoms with Gasteiger partial charge in [0.1, 0.15) is 23.0 Å². The van der Waals surface area contributed by atoms with E-state index < -0.39 is 23.6 Å². The van der Waals surface area contributed by atoms with Crippen LogP contribution in [-0.4, -0.2) is 51.5 Å². The van der Waals surface area contributed by atoms with E-state index in [9.17, 15) is 30.0 Å². The van der Waals surface area contributed by atoms with Crippen LogP contribution in [0, 0.1) is 0 Å². The number of ether oxygens (including phenoxy) is 3. The largest absolute Gasteiger partial charge is 0.507 e. The molecule has 1 unspecified atom stereocenters. The normalized spacial score (nSPS) is 14.6. The van der Waals surface area contributed by atoms with Crippen LogP contribution >= 0.6 is 0 Å². The van der Waals surface area contributed by atoms with Gasteiger partial charge in [-0.15, -0.1) is 0 Å². The quantitative estimate of drug-likeness (QED) is 0.178. The fourth-order valence-electron chi connectivity index (χ4n) is 4.43. The van der Waals surface area contributed by atoms with E-state index >= 15 is 0 Å². The molecule has 0 amide bonds. The van der Waals surface area contributed by atoms with Crippen molar-refractivity contribution in [3.8, 4) is 23.0 Å². The van der Waals surface area contributed by atoms with Crippen molar-refractivity contribution in [2.45, 2.75) is 71.8 Å². The number of carbonyl (C=O) groups excluding carboxylic acids is 1. The molecule has 4 N–H and O–H groups in total. The summed E-state index contributed by atoms with van der Waals surface area (Å²) in [7, 11) is 0. The summed E-state index contributed by atoms with van der Waals surface area (Å²) in [5.41, 5.74) is 1.84. The number of aliphatic carboxylic acids is 1. The zero-order valence-corrected chi connectivity index (χ0v) is 22.1. The van der Waals surface area contributed by atoms with Crippen LogP contribution < -0.4 is 14.2 Å². The fraction of sp³-hybridized carbons (Fsp3) is 0.448. The molecule has 9 nitrogen and oxygen atoms in total. The van der Waals surface area contributed by atoms with E-state index in [1.165, 1.54) is 6.92 Å². The van der Waals surface area contributed by atoms with Gasteiger partial charge in [0.15, 0.2) is 17.3 Å². The molecule has 0 aliphatic carbocycles. The molecule has 3 rings (SSSR count). The first kappa shape index (κ1) is 28.7. The van der Waals surface area contributed by atoms with Gasteiger partial charge in [-0.1, -0.05) is 26.7 Å². The highest BCUT2D eigenvalue weighted by molar-refractivity contribution is 5.97. The second-order valence-electron chi connectivity index (χ2n) is 9.24. The summed E-state index contributed by atoms with van der Waals surface area (Å²) in [5.74, 6) is -1.48. The van der Waals surface area contributed by atoms with Crippen LogP contribution in [0.1, 0.15) is 79.9 Å². The lowest BCUT2D eigenvalue weighted by Gasteiger charge is -2.26. The summed E-state index contributed by atoms with van der Waals surface area (Å²) in [6, 6.07) is 6.56. The van der Waals surface area contributed by atoms with Gasteiger partial charge in [-0.2, -0.15) is 0 Å². The Labute approximate surface area is 222 Å². The van der Waals surface area contributed by atoms with Crippen molar-refractivity contribution in [3.63, 3.8) is 0 Å². The molecule has 1 heterocycles. The van der Waals surface area contributed by atoms with Crippen molar-refractivity contribution in [1.82, 2.24) is 0 Å². The van der Waals surface area contributed by atoms with Crippen LogP contribution in [0.2, 0.25) is 0 Å². The van der Waals surface area contributed by atoms with E-state index in [-0.39, 0.29) is 22.8 Å². The third-order valence-corrected chi connectivity index (χ3v) is 6.35. The smallest absolute Gasteiger partial charge is 0.353 e. The first-order valence-electron chi connectivity index (χ1n) is 13.0. The van der Waals surface area contributed by atoms with Crippen LogP contribution in [-0.2, 0) is 17.6 Å². The Morgan fingerprint density at radius 2 is 1.45 bits per heavy atom. The number of phenolic OH excluding ortho intramolecular Hbond substituents is 1. The standard InChI is InChI=1S/C29H36O9/c1-4-9-19-22(13-11-18(17(3)30)24(19)31)36-15-7-6-8-16-37-23-14-12-21-25(32)26(33)28(29(34)35)38-27(21)20(23)10-5-2/h11-14,28,31-33H,4-10,15-16H2,1-3H3,(H,34,35). The number of aliphatic hydroxyl groups excluding tert-OH is 2. The lowest BCUT2D eigenvalue weighted by atomic mass is 9.98. The minimum atomic E-state index is -1.67. The number of ketones is 1. The van der Waals surface area contributed by atoms with Crippen LogP contribution in [0.5, 0.6) is 23.0 Å². The van der Waals surface area contributed by atoms with E-state index in [0.29, 0.717) is 54.2 Å². The molecule has 38 heavy (non-hydrogen) atoms. The second-order valence-corrected chi connectivity index (χ2v) is 9.24. The monoisotopic (exact) mass is 528 g/mol. The maximum Gasteiger partial charge on any atom is 0.353 e. The molecular weight excluding hydrogens is 492 g/mol. The maximum absolute atomic E-state index is 11.7. The minimum Gasteiger partial charge on any atom is -0.507 e. The topological polar surface area (TPSA) is 143 Å². The Morgan fingerprint density at radius 3 is 2.03 bits per heavy atom. The minimum absolute atomic E-state index is 0.00383. The van der Waals surface area contributed by atoms with Gasteiger partial charge in [-0.3, -0.25) is 4.79 Å². The summed E-state index contributed by atoms with van der Waals surface area (Å²) in [5, 5.41) is 40.1. The lowest BCUT2D eigenvalue weighted by molar-refractivity contribution is -0.144. The molecule has 1 aliphatic rings. The number of hydrogen-bond donors (Lipinski definition) is 4. The Hall–Kier alpha value is -3.88. The van der Waals surface area contributed by atoms with E-state index in [4.69, 9.17) is 14.2 Å². The van der Waals surface area contributed by atoms with Crippen molar-refractivity contribution in [3.05, 3.63) is 52.3 Å². The Morgan fingerprint density at radius 1 is 0.868 bits per heavy atom. The number of rotatable bonds is 14. The van der Waals surface area contributed by atoms with Gasteiger partial charge in [-0.05, 0) is 63.3 Å². The molecule has 0 spiro atoms. The van der Waals surface area contributed by atoms with Crippen molar-refractivity contribution in [2.75, 3.05) is 13.2 Å². The summed E-state index contributed by atoms with van der Waals surface area (Å²) < 4.78 is 17.5. The molecular formula is C29H36O9. The Kier molecular flexibility index (Phi) is 9.87. The molecule has 0 radical (unpaired) electrons. The predicted octanol–water partition coefficient (Wildman–Crippen LogP) is 5.76. The third-order valence-electron chi connectivity index (χ3n) is 6.35. The molecule has 9 heteroatoms. The summed E-state index contributed by atoms with van der Waals surface area (Å²) >= 11 is 0. The highest BCUT2D eigenvalue weighted by Gasteiger charge is 2.36. The Bertz CT molecular complexity index is 1200. The van der Waals surface area contributed by atoms with E-state index in [1.807, 2.05) is 13.8 Å². The van der Waals surface area contributed by atoms with E-state index in [0.717, 1.165) is 32.1 Å². The molecule has 2 aromatic carbocycles. The molecule has 1 atom stereocenters. The zero-order chi connectivity index (χ0) is 27.8. The number of phenols is 1. The molecule has 206 valence electrons. The lowest BCUT2D eigenvalue weighted by Crippen LogP contribution is -2.33. The zero-order valence-electron chi connectivity index (χ0n) is 22.1. The molecule has 1 aliphatic heterocycles. The number of Topliss-reactive ketones (excluding diaryl/α,β-unsaturated/α-hetero) is 1. The first-order valence-corrected chi connectivity index (χ1v) is 13.0. The number of aliphatic hydroxyl groups is 2. The van der Waals surface area contributed by atoms with Crippen molar-refractivity contribution >= 4 is 17.5 Å². The van der Waals surface area contributed by atoms with Crippen molar-refractivity contribution in [2.24, 2.45) is 0 Å². The molecule has 2 aromatic rings. The van der Waals surface area contributed by atoms with Crippen molar-refractivity contribution < 1.29 is 44.2 Å². The highest BCUT2D eigenvalue weighted by atomic mass is 16.5.